The fraction of sp³-hybridized carbons (Fsp3) is 0.208. The van der Waals surface area contributed by atoms with E-state index in [9.17, 15) is 13.2 Å². The van der Waals surface area contributed by atoms with Crippen LogP contribution in [0.2, 0.25) is 5.02 Å². The normalized spacial score (nSPS) is 11.2. The summed E-state index contributed by atoms with van der Waals surface area (Å²) in [6, 6.07) is 16.7. The summed E-state index contributed by atoms with van der Waals surface area (Å²) in [6.45, 7) is 5.19. The highest BCUT2D eigenvalue weighted by atomic mass is 35.5. The highest BCUT2D eigenvalue weighted by Gasteiger charge is 2.29. The molecule has 0 saturated carbocycles. The number of ether oxygens (including phenoxy) is 1. The van der Waals surface area contributed by atoms with E-state index in [4.69, 9.17) is 16.3 Å². The molecule has 0 radical (unpaired) electrons. The molecule has 1 amide bonds. The van der Waals surface area contributed by atoms with Crippen molar-refractivity contribution in [2.45, 2.75) is 25.7 Å². The van der Waals surface area contributed by atoms with Crippen molar-refractivity contribution in [3.8, 4) is 5.75 Å². The Morgan fingerprint density at radius 1 is 1.03 bits per heavy atom. The Morgan fingerprint density at radius 2 is 1.72 bits per heavy atom. The second-order valence-electron chi connectivity index (χ2n) is 7.44. The molecule has 3 rings (SSSR count). The highest BCUT2D eigenvalue weighted by Crippen LogP contribution is 2.30. The summed E-state index contributed by atoms with van der Waals surface area (Å²) in [5.41, 5.74) is 3.44. The maximum Gasteiger partial charge on any atom is 0.264 e. The zero-order chi connectivity index (χ0) is 23.5. The highest BCUT2D eigenvalue weighted by molar-refractivity contribution is 7.92. The van der Waals surface area contributed by atoms with Gasteiger partial charge in [0.2, 0.25) is 5.91 Å². The molecule has 32 heavy (non-hydrogen) atoms. The van der Waals surface area contributed by atoms with Crippen molar-refractivity contribution in [3.63, 3.8) is 0 Å². The lowest BCUT2D eigenvalue weighted by atomic mass is 10.1. The predicted molar refractivity (Wildman–Crippen MR) is 128 cm³/mol. The van der Waals surface area contributed by atoms with Gasteiger partial charge >= 0.3 is 0 Å². The molecule has 0 aliphatic rings. The van der Waals surface area contributed by atoms with Gasteiger partial charge in [-0.15, -0.1) is 0 Å². The Kier molecular flexibility index (Phi) is 7.11. The second-order valence-corrected chi connectivity index (χ2v) is 9.74. The maximum atomic E-state index is 13.6. The van der Waals surface area contributed by atoms with Crippen LogP contribution in [-0.4, -0.2) is 28.0 Å². The standard InChI is InChI=1S/C24H25ClN2O4S/c1-16-8-11-20(12-9-16)32(29,30)27(22-7-5-6-17(2)18(22)3)15-24(28)26-21-14-19(25)10-13-23(21)31-4/h5-14H,15H2,1-4H3,(H,26,28). The van der Waals surface area contributed by atoms with Gasteiger partial charge in [0, 0.05) is 5.02 Å². The number of sulfonamides is 1. The summed E-state index contributed by atoms with van der Waals surface area (Å²) >= 11 is 6.05. The molecule has 0 atom stereocenters. The van der Waals surface area contributed by atoms with Crippen LogP contribution in [-0.2, 0) is 14.8 Å². The Bertz CT molecular complexity index is 1240. The van der Waals surface area contributed by atoms with Crippen LogP contribution in [0.4, 0.5) is 11.4 Å². The first-order valence-electron chi connectivity index (χ1n) is 9.92. The molecule has 0 fully saturated rings. The van der Waals surface area contributed by atoms with Crippen LogP contribution >= 0.6 is 11.6 Å². The van der Waals surface area contributed by atoms with Gasteiger partial charge in [0.1, 0.15) is 12.3 Å². The van der Waals surface area contributed by atoms with Crippen molar-refractivity contribution in [1.29, 1.82) is 0 Å². The third-order valence-corrected chi connectivity index (χ3v) is 7.19. The van der Waals surface area contributed by atoms with Gasteiger partial charge in [-0.1, -0.05) is 41.4 Å². The van der Waals surface area contributed by atoms with Gasteiger partial charge in [-0.05, 0) is 68.3 Å². The number of carbonyl (C=O) groups is 1. The van der Waals surface area contributed by atoms with E-state index in [-0.39, 0.29) is 4.90 Å². The number of rotatable bonds is 7. The molecule has 0 unspecified atom stereocenters. The number of amides is 1. The molecule has 0 aromatic heterocycles. The van der Waals surface area contributed by atoms with Crippen LogP contribution in [0.3, 0.4) is 0 Å². The van der Waals surface area contributed by atoms with Crippen molar-refractivity contribution in [2.24, 2.45) is 0 Å². The van der Waals surface area contributed by atoms with E-state index in [0.29, 0.717) is 22.1 Å². The lowest BCUT2D eigenvalue weighted by Gasteiger charge is -2.26. The van der Waals surface area contributed by atoms with Gasteiger partial charge in [-0.2, -0.15) is 0 Å². The first-order valence-corrected chi connectivity index (χ1v) is 11.7. The van der Waals surface area contributed by atoms with Crippen LogP contribution in [0.1, 0.15) is 16.7 Å². The fourth-order valence-corrected chi connectivity index (χ4v) is 4.89. The number of halogens is 1. The van der Waals surface area contributed by atoms with Gasteiger partial charge in [-0.3, -0.25) is 9.10 Å². The van der Waals surface area contributed by atoms with E-state index in [2.05, 4.69) is 5.32 Å². The average molecular weight is 473 g/mol. The summed E-state index contributed by atoms with van der Waals surface area (Å²) in [4.78, 5) is 13.1. The van der Waals surface area contributed by atoms with Crippen LogP contribution in [0.5, 0.6) is 5.75 Å². The van der Waals surface area contributed by atoms with E-state index in [0.717, 1.165) is 21.0 Å². The third-order valence-electron chi connectivity index (χ3n) is 5.18. The molecular weight excluding hydrogens is 448 g/mol. The molecule has 0 saturated heterocycles. The summed E-state index contributed by atoms with van der Waals surface area (Å²) in [7, 11) is -2.53. The molecule has 6 nitrogen and oxygen atoms in total. The van der Waals surface area contributed by atoms with Crippen molar-refractivity contribution in [2.75, 3.05) is 23.3 Å². The van der Waals surface area contributed by atoms with Crippen molar-refractivity contribution in [3.05, 3.63) is 82.4 Å². The number of nitrogens with zero attached hydrogens (tertiary/aromatic N) is 1. The van der Waals surface area contributed by atoms with Crippen molar-refractivity contribution in [1.82, 2.24) is 0 Å². The topological polar surface area (TPSA) is 75.7 Å². The number of methoxy groups -OCH3 is 1. The second kappa shape index (κ2) is 9.63. The Balaban J connectivity index is 2.02. The monoisotopic (exact) mass is 472 g/mol. The minimum Gasteiger partial charge on any atom is -0.495 e. The molecule has 0 aliphatic heterocycles. The molecule has 0 spiro atoms. The maximum absolute atomic E-state index is 13.6. The Morgan fingerprint density at radius 3 is 2.38 bits per heavy atom. The zero-order valence-electron chi connectivity index (χ0n) is 18.3. The largest absolute Gasteiger partial charge is 0.495 e. The predicted octanol–water partition coefficient (Wildman–Crippen LogP) is 5.11. The molecular formula is C24H25ClN2O4S. The molecule has 0 aliphatic carbocycles. The first-order chi connectivity index (χ1) is 15.1. The average Bonchev–Trinajstić information content (AvgIpc) is 2.75. The quantitative estimate of drug-likeness (QED) is 0.518. The number of hydrogen-bond donors (Lipinski definition) is 1. The van der Waals surface area contributed by atoms with Crippen LogP contribution in [0.15, 0.2) is 65.6 Å². The van der Waals surface area contributed by atoms with Gasteiger partial charge < -0.3 is 10.1 Å². The van der Waals surface area contributed by atoms with E-state index in [1.807, 2.05) is 26.8 Å². The van der Waals surface area contributed by atoms with Gasteiger partial charge in [-0.25, -0.2) is 8.42 Å². The van der Waals surface area contributed by atoms with Crippen molar-refractivity contribution < 1.29 is 17.9 Å². The van der Waals surface area contributed by atoms with E-state index < -0.39 is 22.5 Å². The minimum absolute atomic E-state index is 0.108. The van der Waals surface area contributed by atoms with E-state index >= 15 is 0 Å². The number of carbonyl (C=O) groups excluding carboxylic acids is 1. The van der Waals surface area contributed by atoms with Crippen LogP contribution in [0.25, 0.3) is 0 Å². The van der Waals surface area contributed by atoms with Gasteiger partial charge in [0.15, 0.2) is 0 Å². The SMILES string of the molecule is COc1ccc(Cl)cc1NC(=O)CN(c1cccc(C)c1C)S(=O)(=O)c1ccc(C)cc1. The fourth-order valence-electron chi connectivity index (χ4n) is 3.24. The Labute approximate surface area is 193 Å². The number of aryl methyl sites for hydroxylation is 2. The molecule has 0 heterocycles. The van der Waals surface area contributed by atoms with Gasteiger partial charge in [0.25, 0.3) is 10.0 Å². The molecule has 168 valence electrons. The molecule has 3 aromatic carbocycles. The third kappa shape index (κ3) is 5.06. The number of benzene rings is 3. The Hall–Kier alpha value is -3.03. The summed E-state index contributed by atoms with van der Waals surface area (Å²) < 4.78 is 33.5. The molecule has 0 bridgehead atoms. The molecule has 1 N–H and O–H groups in total. The molecule has 8 heteroatoms. The van der Waals surface area contributed by atoms with Crippen LogP contribution in [0, 0.1) is 20.8 Å². The number of nitrogens with one attached hydrogen (secondary N) is 1. The zero-order valence-corrected chi connectivity index (χ0v) is 19.9. The lowest BCUT2D eigenvalue weighted by Crippen LogP contribution is -2.38. The summed E-state index contributed by atoms with van der Waals surface area (Å²) in [6.07, 6.45) is 0. The summed E-state index contributed by atoms with van der Waals surface area (Å²) in [5.74, 6) is -0.107. The van der Waals surface area contributed by atoms with Gasteiger partial charge in [0.05, 0.1) is 23.4 Å². The minimum atomic E-state index is -4.01. The lowest BCUT2D eigenvalue weighted by molar-refractivity contribution is -0.114. The first kappa shape index (κ1) is 23.6. The van der Waals surface area contributed by atoms with Crippen LogP contribution < -0.4 is 14.4 Å². The smallest absolute Gasteiger partial charge is 0.264 e. The molecule has 3 aromatic rings. The van der Waals surface area contributed by atoms with E-state index in [1.165, 1.54) is 7.11 Å². The summed E-state index contributed by atoms with van der Waals surface area (Å²) in [5, 5.41) is 3.13. The van der Waals surface area contributed by atoms with Crippen molar-refractivity contribution >= 4 is 38.9 Å². The number of anilines is 2. The number of hydrogen-bond acceptors (Lipinski definition) is 4. The van der Waals surface area contributed by atoms with E-state index in [1.54, 1.807) is 54.6 Å².